The van der Waals surface area contributed by atoms with Gasteiger partial charge in [0.15, 0.2) is 0 Å². The molecule has 0 aromatic heterocycles. The van der Waals surface area contributed by atoms with E-state index < -0.39 is 35.6 Å². The Labute approximate surface area is 270 Å². The zero-order valence-corrected chi connectivity index (χ0v) is 26.6. The first-order chi connectivity index (χ1) is 22.3. The normalized spacial score (nSPS) is 26.1. The van der Waals surface area contributed by atoms with Crippen LogP contribution < -0.4 is 9.80 Å². The van der Waals surface area contributed by atoms with Gasteiger partial charge in [-0.2, -0.15) is 0 Å². The molecule has 7 atom stereocenters. The lowest BCUT2D eigenvalue weighted by molar-refractivity contribution is -0.145. The number of rotatable bonds is 12. The molecule has 1 N–H and O–H groups in total. The molecule has 2 unspecified atom stereocenters. The number of nitrogens with zero attached hydrogens (tertiary/aromatic N) is 3. The van der Waals surface area contributed by atoms with Crippen LogP contribution in [0.4, 0.5) is 11.4 Å². The molecule has 3 aromatic rings. The minimum absolute atomic E-state index is 0.0964. The summed E-state index contributed by atoms with van der Waals surface area (Å²) in [4.78, 5) is 49.2. The Morgan fingerprint density at radius 3 is 2.28 bits per heavy atom. The molecule has 3 saturated heterocycles. The number of aliphatic hydroxyl groups excluding tert-OH is 1. The van der Waals surface area contributed by atoms with E-state index in [0.29, 0.717) is 30.6 Å². The van der Waals surface area contributed by atoms with E-state index in [9.17, 15) is 14.7 Å². The maximum atomic E-state index is 15.0. The molecule has 240 valence electrons. The molecular weight excluding hydrogens is 578 g/mol. The Bertz CT molecular complexity index is 1640. The lowest BCUT2D eigenvalue weighted by Crippen LogP contribution is -2.60. The first-order valence-electron chi connectivity index (χ1n) is 16.3. The molecule has 3 aliphatic rings. The Morgan fingerprint density at radius 2 is 1.63 bits per heavy atom. The summed E-state index contributed by atoms with van der Waals surface area (Å²) in [5.74, 6) is -2.54. The molecule has 1 spiro atoms. The van der Waals surface area contributed by atoms with Crippen molar-refractivity contribution in [2.24, 2.45) is 17.8 Å². The van der Waals surface area contributed by atoms with Crippen LogP contribution in [0.15, 0.2) is 98.1 Å². The first kappa shape index (κ1) is 31.7. The van der Waals surface area contributed by atoms with Crippen LogP contribution in [0.3, 0.4) is 0 Å². The fourth-order valence-corrected chi connectivity index (χ4v) is 8.01. The van der Waals surface area contributed by atoms with Gasteiger partial charge >= 0.3 is 0 Å². The van der Waals surface area contributed by atoms with Crippen LogP contribution in [0.2, 0.25) is 0 Å². The van der Waals surface area contributed by atoms with Crippen molar-refractivity contribution in [1.82, 2.24) is 4.90 Å². The summed E-state index contributed by atoms with van der Waals surface area (Å²) >= 11 is 0. The second-order valence-corrected chi connectivity index (χ2v) is 12.8. The number of hydrogen-bond donors (Lipinski definition) is 1. The highest BCUT2D eigenvalue weighted by Gasteiger charge is 2.75. The maximum absolute atomic E-state index is 15.0. The predicted octanol–water partition coefficient (Wildman–Crippen LogP) is 5.36. The van der Waals surface area contributed by atoms with Crippen molar-refractivity contribution < 1.29 is 24.2 Å². The number of amides is 3. The molecule has 8 heteroatoms. The molecule has 3 fully saturated rings. The van der Waals surface area contributed by atoms with Gasteiger partial charge in [0, 0.05) is 24.5 Å². The van der Waals surface area contributed by atoms with E-state index >= 15 is 4.79 Å². The van der Waals surface area contributed by atoms with Crippen molar-refractivity contribution in [3.63, 3.8) is 0 Å². The number of likely N-dealkylation sites (tertiary alicyclic amines) is 1. The third kappa shape index (κ3) is 5.04. The predicted molar refractivity (Wildman–Crippen MR) is 180 cm³/mol. The Kier molecular flexibility index (Phi) is 8.86. The summed E-state index contributed by atoms with van der Waals surface area (Å²) in [5, 5.41) is 12.8. The third-order valence-corrected chi connectivity index (χ3v) is 10.4. The van der Waals surface area contributed by atoms with Crippen molar-refractivity contribution in [2.75, 3.05) is 29.5 Å². The summed E-state index contributed by atoms with van der Waals surface area (Å²) in [5.41, 5.74) is 0.189. The number of fused-ring (bicyclic) bond motifs is 2. The summed E-state index contributed by atoms with van der Waals surface area (Å²) in [6, 6.07) is 21.5. The van der Waals surface area contributed by atoms with Crippen LogP contribution in [-0.4, -0.2) is 71.2 Å². The van der Waals surface area contributed by atoms with Gasteiger partial charge in [-0.05, 0) is 53.8 Å². The average molecular weight is 622 g/mol. The number of aliphatic hydroxyl groups is 1. The number of anilines is 2. The van der Waals surface area contributed by atoms with E-state index in [1.807, 2.05) is 86.6 Å². The molecule has 6 rings (SSSR count). The van der Waals surface area contributed by atoms with Crippen LogP contribution in [0.5, 0.6) is 0 Å². The fraction of sp³-hybridized carbons (Fsp3) is 0.395. The van der Waals surface area contributed by atoms with Gasteiger partial charge in [0.1, 0.15) is 11.6 Å². The van der Waals surface area contributed by atoms with Gasteiger partial charge in [-0.25, -0.2) is 0 Å². The maximum Gasteiger partial charge on any atom is 0.253 e. The molecular formula is C38H43N3O5. The minimum Gasteiger partial charge on any atom is -0.394 e. The van der Waals surface area contributed by atoms with E-state index in [-0.39, 0.29) is 43.3 Å². The SMILES string of the molecule is C=CCN(C(=O)C1N([C@@H](CO)[C@@H](C)CC)C(=O)[C@@H]2[C@@H](C(=O)N(CC=C)c3ccccc3)[C@H]3CCC12O3)c1ccc2ccccc2c1. The molecule has 0 saturated carbocycles. The molecule has 3 aliphatic heterocycles. The highest BCUT2D eigenvalue weighted by Crippen LogP contribution is 2.59. The second-order valence-electron chi connectivity index (χ2n) is 12.8. The number of carbonyl (C=O) groups is 3. The molecule has 3 heterocycles. The molecule has 3 amide bonds. The second kappa shape index (κ2) is 12.9. The standard InChI is InChI=1S/C38H43N3O5/c1-5-21-39(28-15-9-8-10-16-28)35(43)32-31-19-20-38(46-31)33(32)36(44)41(30(24-42)25(4)7-3)34(38)37(45)40(22-6-2)29-18-17-26-13-11-12-14-27(26)23-29/h5-6,8-18,23,25,30-34,42H,1-2,7,19-22,24H2,3-4H3/t25-,30-,31+,32-,33-,34?,38?/m0/s1. The molecule has 0 radical (unpaired) electrons. The topological polar surface area (TPSA) is 90.4 Å². The molecule has 0 aliphatic carbocycles. The zero-order valence-electron chi connectivity index (χ0n) is 26.6. The van der Waals surface area contributed by atoms with Crippen LogP contribution in [0, 0.1) is 17.8 Å². The monoisotopic (exact) mass is 621 g/mol. The van der Waals surface area contributed by atoms with Gasteiger partial charge in [0.05, 0.1) is 30.6 Å². The molecule has 3 aromatic carbocycles. The summed E-state index contributed by atoms with van der Waals surface area (Å²) in [6.07, 6.45) is 4.56. The Hall–Kier alpha value is -4.27. The number of ether oxygens (including phenoxy) is 1. The molecule has 2 bridgehead atoms. The highest BCUT2D eigenvalue weighted by atomic mass is 16.5. The largest absolute Gasteiger partial charge is 0.394 e. The number of benzene rings is 3. The van der Waals surface area contributed by atoms with Gasteiger partial charge < -0.3 is 24.5 Å². The van der Waals surface area contributed by atoms with Crippen LogP contribution in [-0.2, 0) is 19.1 Å². The van der Waals surface area contributed by atoms with Gasteiger partial charge in [0.2, 0.25) is 11.8 Å². The van der Waals surface area contributed by atoms with Gasteiger partial charge in [0.25, 0.3) is 5.91 Å². The lowest BCUT2D eigenvalue weighted by atomic mass is 9.70. The fourth-order valence-electron chi connectivity index (χ4n) is 8.01. The van der Waals surface area contributed by atoms with E-state index in [2.05, 4.69) is 13.2 Å². The van der Waals surface area contributed by atoms with Crippen molar-refractivity contribution in [3.05, 3.63) is 98.1 Å². The quantitative estimate of drug-likeness (QED) is 0.275. The van der Waals surface area contributed by atoms with Crippen molar-refractivity contribution in [3.8, 4) is 0 Å². The van der Waals surface area contributed by atoms with Gasteiger partial charge in [-0.15, -0.1) is 13.2 Å². The van der Waals surface area contributed by atoms with Crippen LogP contribution >= 0.6 is 0 Å². The molecule has 8 nitrogen and oxygen atoms in total. The summed E-state index contributed by atoms with van der Waals surface area (Å²) in [6.45, 7) is 12.0. The van der Waals surface area contributed by atoms with Crippen molar-refractivity contribution in [2.45, 2.75) is 56.9 Å². The highest BCUT2D eigenvalue weighted by molar-refractivity contribution is 6.07. The van der Waals surface area contributed by atoms with Crippen LogP contribution in [0.1, 0.15) is 33.1 Å². The van der Waals surface area contributed by atoms with E-state index in [1.165, 1.54) is 0 Å². The van der Waals surface area contributed by atoms with Crippen molar-refractivity contribution in [1.29, 1.82) is 0 Å². The number of carbonyl (C=O) groups excluding carboxylic acids is 3. The van der Waals surface area contributed by atoms with Gasteiger partial charge in [-0.1, -0.05) is 81.0 Å². The first-order valence-corrected chi connectivity index (χ1v) is 16.3. The average Bonchev–Trinajstić information content (AvgIpc) is 3.73. The minimum atomic E-state index is -1.20. The smallest absolute Gasteiger partial charge is 0.253 e. The Balaban J connectivity index is 1.45. The van der Waals surface area contributed by atoms with E-state index in [1.54, 1.807) is 26.9 Å². The summed E-state index contributed by atoms with van der Waals surface area (Å²) in [7, 11) is 0. The number of hydrogen-bond acceptors (Lipinski definition) is 5. The summed E-state index contributed by atoms with van der Waals surface area (Å²) < 4.78 is 6.77. The molecule has 46 heavy (non-hydrogen) atoms. The van der Waals surface area contributed by atoms with Gasteiger partial charge in [-0.3, -0.25) is 14.4 Å². The van der Waals surface area contributed by atoms with Crippen molar-refractivity contribution >= 4 is 39.9 Å². The third-order valence-electron chi connectivity index (χ3n) is 10.4. The van der Waals surface area contributed by atoms with Crippen LogP contribution in [0.25, 0.3) is 10.8 Å². The lowest BCUT2D eigenvalue weighted by Gasteiger charge is -2.41. The Morgan fingerprint density at radius 1 is 0.978 bits per heavy atom. The van der Waals surface area contributed by atoms with E-state index in [4.69, 9.17) is 4.74 Å². The van der Waals surface area contributed by atoms with E-state index in [0.717, 1.165) is 10.8 Å². The zero-order chi connectivity index (χ0) is 32.6. The number of para-hydroxylation sites is 1.